The van der Waals surface area contributed by atoms with Crippen LogP contribution in [0.2, 0.25) is 0 Å². The predicted octanol–water partition coefficient (Wildman–Crippen LogP) is -0.0233. The molecule has 8 heteroatoms. The van der Waals surface area contributed by atoms with Crippen molar-refractivity contribution in [3.63, 3.8) is 0 Å². The SMILES string of the molecule is CC(=O)OC[C@H]1O[C@@H](n2ccc(N)nc2=O)CS1. The lowest BCUT2D eigenvalue weighted by Crippen LogP contribution is -2.28. The average molecular weight is 271 g/mol. The fraction of sp³-hybridized carbons (Fsp3) is 0.500. The molecule has 2 N–H and O–H groups in total. The van der Waals surface area contributed by atoms with Crippen LogP contribution in [0.25, 0.3) is 0 Å². The van der Waals surface area contributed by atoms with Crippen molar-refractivity contribution in [2.45, 2.75) is 18.6 Å². The Balaban J connectivity index is 2.00. The van der Waals surface area contributed by atoms with Crippen LogP contribution in [0.3, 0.4) is 0 Å². The van der Waals surface area contributed by atoms with E-state index in [-0.39, 0.29) is 23.8 Å². The summed E-state index contributed by atoms with van der Waals surface area (Å²) in [7, 11) is 0. The first kappa shape index (κ1) is 12.9. The van der Waals surface area contributed by atoms with E-state index in [4.69, 9.17) is 15.2 Å². The molecule has 1 saturated heterocycles. The summed E-state index contributed by atoms with van der Waals surface area (Å²) in [5.41, 5.74) is 4.70. The maximum atomic E-state index is 11.6. The maximum absolute atomic E-state index is 11.6. The number of aromatic nitrogens is 2. The van der Waals surface area contributed by atoms with Crippen LogP contribution in [-0.4, -0.2) is 33.3 Å². The van der Waals surface area contributed by atoms with Crippen molar-refractivity contribution in [3.05, 3.63) is 22.7 Å². The summed E-state index contributed by atoms with van der Waals surface area (Å²) in [5, 5.41) is 0. The monoisotopic (exact) mass is 271 g/mol. The van der Waals surface area contributed by atoms with Crippen molar-refractivity contribution in [2.75, 3.05) is 18.1 Å². The van der Waals surface area contributed by atoms with Crippen molar-refractivity contribution in [3.8, 4) is 0 Å². The molecule has 98 valence electrons. The zero-order valence-electron chi connectivity index (χ0n) is 9.74. The van der Waals surface area contributed by atoms with E-state index >= 15 is 0 Å². The lowest BCUT2D eigenvalue weighted by Gasteiger charge is -2.14. The molecule has 1 aromatic rings. The normalized spacial score (nSPS) is 22.9. The van der Waals surface area contributed by atoms with Crippen LogP contribution in [0.5, 0.6) is 0 Å². The van der Waals surface area contributed by atoms with Gasteiger partial charge in [0.1, 0.15) is 24.1 Å². The Morgan fingerprint density at radius 1 is 1.78 bits per heavy atom. The van der Waals surface area contributed by atoms with E-state index in [1.54, 1.807) is 6.20 Å². The first-order chi connectivity index (χ1) is 8.56. The van der Waals surface area contributed by atoms with Crippen molar-refractivity contribution < 1.29 is 14.3 Å². The molecule has 0 aliphatic carbocycles. The second-order valence-corrected chi connectivity index (χ2v) is 4.89. The van der Waals surface area contributed by atoms with Gasteiger partial charge in [0.2, 0.25) is 0 Å². The molecular formula is C10H13N3O4S. The van der Waals surface area contributed by atoms with Gasteiger partial charge in [0.25, 0.3) is 0 Å². The molecule has 2 rings (SSSR count). The Kier molecular flexibility index (Phi) is 3.87. The minimum atomic E-state index is -0.450. The summed E-state index contributed by atoms with van der Waals surface area (Å²) >= 11 is 1.48. The van der Waals surface area contributed by atoms with Gasteiger partial charge >= 0.3 is 11.7 Å². The van der Waals surface area contributed by atoms with Crippen LogP contribution in [0.15, 0.2) is 17.1 Å². The zero-order valence-corrected chi connectivity index (χ0v) is 10.6. The van der Waals surface area contributed by atoms with Crippen LogP contribution < -0.4 is 11.4 Å². The van der Waals surface area contributed by atoms with Gasteiger partial charge in [-0.1, -0.05) is 0 Å². The van der Waals surface area contributed by atoms with E-state index in [9.17, 15) is 9.59 Å². The highest BCUT2D eigenvalue weighted by molar-refractivity contribution is 8.00. The fourth-order valence-corrected chi connectivity index (χ4v) is 2.50. The summed E-state index contributed by atoms with van der Waals surface area (Å²) in [5.74, 6) is 0.421. The summed E-state index contributed by atoms with van der Waals surface area (Å²) in [6.07, 6.45) is 1.14. The molecule has 18 heavy (non-hydrogen) atoms. The maximum Gasteiger partial charge on any atom is 0.351 e. The Hall–Kier alpha value is -1.54. The third-order valence-electron chi connectivity index (χ3n) is 2.32. The van der Waals surface area contributed by atoms with Gasteiger partial charge < -0.3 is 15.2 Å². The smallest absolute Gasteiger partial charge is 0.351 e. The van der Waals surface area contributed by atoms with Gasteiger partial charge in [0.05, 0.1) is 0 Å². The molecule has 1 aromatic heterocycles. The lowest BCUT2D eigenvalue weighted by molar-refractivity contribution is -0.144. The van der Waals surface area contributed by atoms with Crippen LogP contribution in [-0.2, 0) is 14.3 Å². The average Bonchev–Trinajstić information content (AvgIpc) is 2.75. The quantitative estimate of drug-likeness (QED) is 0.771. The standard InChI is InChI=1S/C10H13N3O4S/c1-6(14)16-4-9-17-8(5-18-9)13-3-2-7(11)12-10(13)15/h2-3,8-9H,4-5H2,1H3,(H2,11,12,15)/t8-,9+/m1/s1. The number of hydrogen-bond acceptors (Lipinski definition) is 7. The van der Waals surface area contributed by atoms with E-state index in [0.29, 0.717) is 5.75 Å². The molecule has 0 amide bonds. The van der Waals surface area contributed by atoms with Gasteiger partial charge in [-0.25, -0.2) is 4.79 Å². The van der Waals surface area contributed by atoms with E-state index in [2.05, 4.69) is 4.98 Å². The summed E-state index contributed by atoms with van der Waals surface area (Å²) in [4.78, 5) is 25.9. The first-order valence-corrected chi connectivity index (χ1v) is 6.36. The van der Waals surface area contributed by atoms with E-state index in [0.717, 1.165) is 0 Å². The molecule has 0 aromatic carbocycles. The molecule has 2 heterocycles. The topological polar surface area (TPSA) is 96.4 Å². The summed E-state index contributed by atoms with van der Waals surface area (Å²) < 4.78 is 11.8. The molecule has 0 bridgehead atoms. The van der Waals surface area contributed by atoms with Crippen LogP contribution >= 0.6 is 11.8 Å². The number of hydrogen-bond donors (Lipinski definition) is 1. The minimum Gasteiger partial charge on any atom is -0.462 e. The van der Waals surface area contributed by atoms with Gasteiger partial charge in [-0.05, 0) is 6.07 Å². The highest BCUT2D eigenvalue weighted by Gasteiger charge is 2.28. The number of thioether (sulfide) groups is 1. The number of esters is 1. The number of nitrogens with two attached hydrogens (primary N) is 1. The van der Waals surface area contributed by atoms with Crippen LogP contribution in [0.4, 0.5) is 5.82 Å². The molecule has 7 nitrogen and oxygen atoms in total. The summed E-state index contributed by atoms with van der Waals surface area (Å²) in [6, 6.07) is 1.54. The van der Waals surface area contributed by atoms with Crippen LogP contribution in [0, 0.1) is 0 Å². The molecule has 1 aliphatic rings. The number of rotatable bonds is 3. The predicted molar refractivity (Wildman–Crippen MR) is 65.9 cm³/mol. The van der Waals surface area contributed by atoms with Crippen molar-refractivity contribution in [1.29, 1.82) is 0 Å². The molecular weight excluding hydrogens is 258 g/mol. The highest BCUT2D eigenvalue weighted by Crippen LogP contribution is 2.30. The van der Waals surface area contributed by atoms with Gasteiger partial charge in [0.15, 0.2) is 0 Å². The van der Waals surface area contributed by atoms with Gasteiger partial charge in [0, 0.05) is 18.9 Å². The molecule has 1 aliphatic heterocycles. The Labute approximate surface area is 107 Å². The largest absolute Gasteiger partial charge is 0.462 e. The fourth-order valence-electron chi connectivity index (χ4n) is 1.51. The second-order valence-electron chi connectivity index (χ2n) is 3.70. The van der Waals surface area contributed by atoms with Gasteiger partial charge in [-0.15, -0.1) is 11.8 Å². The number of carbonyl (C=O) groups excluding carboxylic acids is 1. The number of ether oxygens (including phenoxy) is 2. The van der Waals surface area contributed by atoms with Crippen molar-refractivity contribution in [1.82, 2.24) is 9.55 Å². The van der Waals surface area contributed by atoms with Gasteiger partial charge in [-0.3, -0.25) is 9.36 Å². The number of carbonyl (C=O) groups is 1. The zero-order chi connectivity index (χ0) is 13.1. The van der Waals surface area contributed by atoms with E-state index < -0.39 is 11.9 Å². The van der Waals surface area contributed by atoms with Crippen molar-refractivity contribution in [2.24, 2.45) is 0 Å². The minimum absolute atomic E-state index is 0.174. The molecule has 0 unspecified atom stereocenters. The van der Waals surface area contributed by atoms with Crippen molar-refractivity contribution >= 4 is 23.5 Å². The molecule has 0 radical (unpaired) electrons. The van der Waals surface area contributed by atoms with E-state index in [1.165, 1.54) is 29.3 Å². The highest BCUT2D eigenvalue weighted by atomic mass is 32.2. The number of anilines is 1. The Bertz CT molecular complexity index is 504. The molecule has 0 spiro atoms. The van der Waals surface area contributed by atoms with Crippen LogP contribution in [0.1, 0.15) is 13.2 Å². The Morgan fingerprint density at radius 2 is 2.56 bits per heavy atom. The molecule has 2 atom stereocenters. The number of nitrogen functional groups attached to an aromatic ring is 1. The van der Waals surface area contributed by atoms with Gasteiger partial charge in [-0.2, -0.15) is 4.98 Å². The number of nitrogens with zero attached hydrogens (tertiary/aromatic N) is 2. The van der Waals surface area contributed by atoms with E-state index in [1.807, 2.05) is 0 Å². The lowest BCUT2D eigenvalue weighted by atomic mass is 10.5. The third-order valence-corrected chi connectivity index (χ3v) is 3.41. The first-order valence-electron chi connectivity index (χ1n) is 5.31. The third kappa shape index (κ3) is 3.02. The molecule has 1 fully saturated rings. The summed E-state index contributed by atoms with van der Waals surface area (Å²) in [6.45, 7) is 1.51. The molecule has 0 saturated carbocycles. The second kappa shape index (κ2) is 5.40. The Morgan fingerprint density at radius 3 is 3.22 bits per heavy atom.